The van der Waals surface area contributed by atoms with Crippen LogP contribution in [0.1, 0.15) is 31.4 Å². The Morgan fingerprint density at radius 3 is 2.92 bits per heavy atom. The fraction of sp³-hybridized carbons (Fsp3) is 0.500. The largest absolute Gasteiger partial charge is 0.365 e. The number of nitrogens with one attached hydrogen (secondary N) is 1. The highest BCUT2D eigenvalue weighted by Gasteiger charge is 1.92. The fourth-order valence-electron chi connectivity index (χ4n) is 1.24. The molecule has 0 aliphatic rings. The summed E-state index contributed by atoms with van der Waals surface area (Å²) in [6, 6.07) is 4.11. The van der Waals surface area contributed by atoms with Crippen molar-refractivity contribution in [2.45, 2.75) is 32.1 Å². The van der Waals surface area contributed by atoms with Gasteiger partial charge in [-0.25, -0.2) is 0 Å². The summed E-state index contributed by atoms with van der Waals surface area (Å²) in [5.41, 5.74) is 1.29. The number of aldehydes is 1. The molecule has 12 heavy (non-hydrogen) atoms. The highest BCUT2D eigenvalue weighted by atomic mass is 16.1. The van der Waals surface area contributed by atoms with Crippen molar-refractivity contribution in [3.8, 4) is 0 Å². The van der Waals surface area contributed by atoms with E-state index in [2.05, 4.69) is 11.1 Å². The van der Waals surface area contributed by atoms with E-state index >= 15 is 0 Å². The zero-order valence-corrected chi connectivity index (χ0v) is 7.25. The Kier molecular flexibility index (Phi) is 4.21. The third kappa shape index (κ3) is 3.37. The van der Waals surface area contributed by atoms with Gasteiger partial charge in [-0.1, -0.05) is 6.42 Å². The normalized spacial score (nSPS) is 10.0. The van der Waals surface area contributed by atoms with Gasteiger partial charge in [-0.15, -0.1) is 0 Å². The van der Waals surface area contributed by atoms with E-state index in [-0.39, 0.29) is 0 Å². The zero-order valence-electron chi connectivity index (χ0n) is 7.25. The van der Waals surface area contributed by atoms with Crippen LogP contribution >= 0.6 is 0 Å². The first-order valence-electron chi connectivity index (χ1n) is 4.49. The molecule has 0 fully saturated rings. The second kappa shape index (κ2) is 5.58. The number of aromatic amines is 1. The summed E-state index contributed by atoms with van der Waals surface area (Å²) >= 11 is 0. The first-order valence-corrected chi connectivity index (χ1v) is 4.49. The van der Waals surface area contributed by atoms with Crippen molar-refractivity contribution in [3.63, 3.8) is 0 Å². The third-order valence-corrected chi connectivity index (χ3v) is 1.93. The number of carbonyl (C=O) groups excluding carboxylic acids is 1. The molecule has 0 amide bonds. The number of H-pyrrole nitrogens is 1. The molecule has 1 N–H and O–H groups in total. The van der Waals surface area contributed by atoms with Crippen molar-refractivity contribution in [2.75, 3.05) is 0 Å². The quantitative estimate of drug-likeness (QED) is 0.509. The van der Waals surface area contributed by atoms with Gasteiger partial charge < -0.3 is 9.78 Å². The van der Waals surface area contributed by atoms with Crippen LogP contribution in [0.5, 0.6) is 0 Å². The van der Waals surface area contributed by atoms with E-state index in [0.29, 0.717) is 6.42 Å². The minimum Gasteiger partial charge on any atom is -0.365 e. The lowest BCUT2D eigenvalue weighted by molar-refractivity contribution is -0.107. The van der Waals surface area contributed by atoms with Crippen molar-refractivity contribution in [3.05, 3.63) is 24.0 Å². The summed E-state index contributed by atoms with van der Waals surface area (Å²) in [5, 5.41) is 0. The number of rotatable bonds is 6. The highest BCUT2D eigenvalue weighted by molar-refractivity contribution is 5.48. The van der Waals surface area contributed by atoms with Crippen LogP contribution in [0.15, 0.2) is 18.3 Å². The van der Waals surface area contributed by atoms with Gasteiger partial charge in [-0.2, -0.15) is 0 Å². The van der Waals surface area contributed by atoms with Crippen molar-refractivity contribution in [1.82, 2.24) is 4.98 Å². The van der Waals surface area contributed by atoms with Crippen LogP contribution in [0.4, 0.5) is 0 Å². The molecule has 0 aliphatic heterocycles. The molecule has 2 nitrogen and oxygen atoms in total. The number of hydrogen-bond acceptors (Lipinski definition) is 1. The molecule has 1 aromatic heterocycles. The van der Waals surface area contributed by atoms with Crippen molar-refractivity contribution < 1.29 is 4.79 Å². The summed E-state index contributed by atoms with van der Waals surface area (Å²) < 4.78 is 0. The Hall–Kier alpha value is -1.05. The molecule has 66 valence electrons. The second-order valence-electron chi connectivity index (χ2n) is 2.96. The number of aromatic nitrogens is 1. The van der Waals surface area contributed by atoms with Crippen LogP contribution in [0.2, 0.25) is 0 Å². The van der Waals surface area contributed by atoms with Gasteiger partial charge in [0.05, 0.1) is 0 Å². The molecule has 0 bridgehead atoms. The minimum atomic E-state index is 0.713. The molecule has 0 radical (unpaired) electrons. The van der Waals surface area contributed by atoms with Gasteiger partial charge in [-0.3, -0.25) is 0 Å². The molecule has 1 rings (SSSR count). The first kappa shape index (κ1) is 9.04. The van der Waals surface area contributed by atoms with Crippen molar-refractivity contribution in [2.24, 2.45) is 0 Å². The van der Waals surface area contributed by atoms with Crippen LogP contribution in [0, 0.1) is 0 Å². The summed E-state index contributed by atoms with van der Waals surface area (Å²) in [7, 11) is 0. The predicted octanol–water partition coefficient (Wildman–Crippen LogP) is 2.32. The molecule has 1 aromatic rings. The lowest BCUT2D eigenvalue weighted by atomic mass is 10.1. The smallest absolute Gasteiger partial charge is 0.119 e. The lowest BCUT2D eigenvalue weighted by Crippen LogP contribution is -1.85. The average molecular weight is 165 g/mol. The second-order valence-corrected chi connectivity index (χ2v) is 2.96. The van der Waals surface area contributed by atoms with Crippen LogP contribution < -0.4 is 0 Å². The van der Waals surface area contributed by atoms with Gasteiger partial charge in [0.1, 0.15) is 6.29 Å². The molecular weight excluding hydrogens is 150 g/mol. The van der Waals surface area contributed by atoms with Gasteiger partial charge in [-0.05, 0) is 31.4 Å². The Morgan fingerprint density at radius 2 is 2.25 bits per heavy atom. The third-order valence-electron chi connectivity index (χ3n) is 1.93. The first-order chi connectivity index (χ1) is 5.93. The molecule has 0 aliphatic carbocycles. The highest BCUT2D eigenvalue weighted by Crippen LogP contribution is 2.04. The van der Waals surface area contributed by atoms with Gasteiger partial charge in [0.25, 0.3) is 0 Å². The molecule has 2 heteroatoms. The van der Waals surface area contributed by atoms with E-state index in [1.54, 1.807) is 0 Å². The predicted molar refractivity (Wildman–Crippen MR) is 49.0 cm³/mol. The zero-order chi connectivity index (χ0) is 8.65. The van der Waals surface area contributed by atoms with Crippen LogP contribution in [0.25, 0.3) is 0 Å². The molecule has 0 aromatic carbocycles. The monoisotopic (exact) mass is 165 g/mol. The van der Waals surface area contributed by atoms with E-state index in [0.717, 1.165) is 25.5 Å². The summed E-state index contributed by atoms with van der Waals surface area (Å²) in [4.78, 5) is 13.1. The number of aryl methyl sites for hydroxylation is 1. The molecule has 0 spiro atoms. The van der Waals surface area contributed by atoms with E-state index in [1.807, 2.05) is 12.3 Å². The van der Waals surface area contributed by atoms with E-state index in [1.165, 1.54) is 12.1 Å². The Bertz CT molecular complexity index is 204. The Labute approximate surface area is 73.0 Å². The number of carbonyl (C=O) groups is 1. The molecule has 0 atom stereocenters. The van der Waals surface area contributed by atoms with E-state index < -0.39 is 0 Å². The average Bonchev–Trinajstić information content (AvgIpc) is 2.57. The Morgan fingerprint density at radius 1 is 1.33 bits per heavy atom. The maximum Gasteiger partial charge on any atom is 0.119 e. The molecule has 0 saturated heterocycles. The van der Waals surface area contributed by atoms with Crippen molar-refractivity contribution >= 4 is 6.29 Å². The standard InChI is InChI=1S/C10H15NO/c12-9-4-2-1-3-6-10-7-5-8-11-10/h5,7-9,11H,1-4,6H2. The van der Waals surface area contributed by atoms with Gasteiger partial charge in [0.15, 0.2) is 0 Å². The number of hydrogen-bond donors (Lipinski definition) is 1. The van der Waals surface area contributed by atoms with Crippen LogP contribution in [-0.2, 0) is 11.2 Å². The van der Waals surface area contributed by atoms with Crippen molar-refractivity contribution in [1.29, 1.82) is 0 Å². The lowest BCUT2D eigenvalue weighted by Gasteiger charge is -1.96. The van der Waals surface area contributed by atoms with E-state index in [9.17, 15) is 4.79 Å². The SMILES string of the molecule is O=CCCCCCc1ccc[nH]1. The van der Waals surface area contributed by atoms with Crippen LogP contribution in [0.3, 0.4) is 0 Å². The van der Waals surface area contributed by atoms with Crippen LogP contribution in [-0.4, -0.2) is 11.3 Å². The molecule has 0 unspecified atom stereocenters. The molecule has 0 saturated carbocycles. The summed E-state index contributed by atoms with van der Waals surface area (Å²) in [6.07, 6.45) is 8.11. The van der Waals surface area contributed by atoms with Gasteiger partial charge in [0, 0.05) is 18.3 Å². The minimum absolute atomic E-state index is 0.713. The maximum absolute atomic E-state index is 9.99. The van der Waals surface area contributed by atoms with Gasteiger partial charge in [0.2, 0.25) is 0 Å². The summed E-state index contributed by atoms with van der Waals surface area (Å²) in [6.45, 7) is 0. The molecular formula is C10H15NO. The topological polar surface area (TPSA) is 32.9 Å². The van der Waals surface area contributed by atoms with Gasteiger partial charge >= 0.3 is 0 Å². The molecule has 1 heterocycles. The maximum atomic E-state index is 9.99. The van der Waals surface area contributed by atoms with E-state index in [4.69, 9.17) is 0 Å². The Balaban J connectivity index is 2.00. The fourth-order valence-corrected chi connectivity index (χ4v) is 1.24. The summed E-state index contributed by atoms with van der Waals surface area (Å²) in [5.74, 6) is 0. The number of unbranched alkanes of at least 4 members (excludes halogenated alkanes) is 3.